The molecule has 3 heteroatoms. The summed E-state index contributed by atoms with van der Waals surface area (Å²) in [5.74, 6) is 0. The first-order valence-corrected chi connectivity index (χ1v) is 4.20. The molecule has 0 spiro atoms. The lowest BCUT2D eigenvalue weighted by Crippen LogP contribution is -2.31. The number of imidazole rings is 1. The molecule has 0 aromatic carbocycles. The summed E-state index contributed by atoms with van der Waals surface area (Å²) >= 11 is 0. The summed E-state index contributed by atoms with van der Waals surface area (Å²) < 4.78 is 1.62. The van der Waals surface area contributed by atoms with Crippen molar-refractivity contribution in [3.8, 4) is 0 Å². The van der Waals surface area contributed by atoms with E-state index in [1.807, 2.05) is 13.8 Å². The number of nitrogens with zero attached hydrogens (tertiary/aromatic N) is 1. The SMILES string of the molecule is C=C/C=c1/[nH]c(=O)n(C(C)C)c1=C. The van der Waals surface area contributed by atoms with E-state index in [0.29, 0.717) is 5.35 Å². The molecule has 0 aliphatic rings. The summed E-state index contributed by atoms with van der Waals surface area (Å²) in [6, 6.07) is 0.128. The van der Waals surface area contributed by atoms with Crippen molar-refractivity contribution >= 4 is 12.7 Å². The van der Waals surface area contributed by atoms with E-state index < -0.39 is 0 Å². The number of hydrogen-bond donors (Lipinski definition) is 1. The third kappa shape index (κ3) is 1.64. The maximum atomic E-state index is 11.4. The molecule has 13 heavy (non-hydrogen) atoms. The molecule has 0 aliphatic carbocycles. The third-order valence-electron chi connectivity index (χ3n) is 1.86. The number of aromatic nitrogens is 2. The van der Waals surface area contributed by atoms with Gasteiger partial charge < -0.3 is 4.98 Å². The molecular formula is C10H14N2O. The Morgan fingerprint density at radius 1 is 1.54 bits per heavy atom. The first-order valence-electron chi connectivity index (χ1n) is 4.20. The van der Waals surface area contributed by atoms with Crippen LogP contribution in [-0.4, -0.2) is 9.55 Å². The molecule has 0 saturated carbocycles. The van der Waals surface area contributed by atoms with E-state index in [1.165, 1.54) is 0 Å². The minimum absolute atomic E-state index is 0.117. The summed E-state index contributed by atoms with van der Waals surface area (Å²) in [6.07, 6.45) is 3.37. The van der Waals surface area contributed by atoms with Crippen LogP contribution in [-0.2, 0) is 0 Å². The van der Waals surface area contributed by atoms with E-state index in [9.17, 15) is 4.79 Å². The van der Waals surface area contributed by atoms with E-state index in [0.717, 1.165) is 5.35 Å². The van der Waals surface area contributed by atoms with Crippen LogP contribution in [0.3, 0.4) is 0 Å². The molecule has 0 amide bonds. The van der Waals surface area contributed by atoms with Crippen molar-refractivity contribution in [2.75, 3.05) is 0 Å². The van der Waals surface area contributed by atoms with Crippen LogP contribution < -0.4 is 16.4 Å². The van der Waals surface area contributed by atoms with Crippen molar-refractivity contribution in [2.45, 2.75) is 19.9 Å². The first-order chi connectivity index (χ1) is 6.07. The van der Waals surface area contributed by atoms with Gasteiger partial charge in [-0.05, 0) is 19.9 Å². The smallest absolute Gasteiger partial charge is 0.306 e. The molecule has 0 atom stereocenters. The van der Waals surface area contributed by atoms with Gasteiger partial charge in [0.2, 0.25) is 0 Å². The molecule has 3 nitrogen and oxygen atoms in total. The molecular weight excluding hydrogens is 164 g/mol. The molecule has 0 radical (unpaired) electrons. The quantitative estimate of drug-likeness (QED) is 0.687. The average molecular weight is 178 g/mol. The van der Waals surface area contributed by atoms with Crippen molar-refractivity contribution in [1.29, 1.82) is 0 Å². The number of rotatable bonds is 2. The third-order valence-corrected chi connectivity index (χ3v) is 1.86. The minimum Gasteiger partial charge on any atom is -0.306 e. The Labute approximate surface area is 76.7 Å². The second kappa shape index (κ2) is 3.47. The van der Waals surface area contributed by atoms with Crippen LogP contribution in [0.5, 0.6) is 0 Å². The molecule has 0 aliphatic heterocycles. The fourth-order valence-corrected chi connectivity index (χ4v) is 1.30. The van der Waals surface area contributed by atoms with Gasteiger partial charge in [0, 0.05) is 6.04 Å². The number of nitrogens with one attached hydrogen (secondary N) is 1. The fourth-order valence-electron chi connectivity index (χ4n) is 1.30. The van der Waals surface area contributed by atoms with Crippen molar-refractivity contribution in [1.82, 2.24) is 9.55 Å². The largest absolute Gasteiger partial charge is 0.326 e. The lowest BCUT2D eigenvalue weighted by atomic mass is 10.4. The van der Waals surface area contributed by atoms with Crippen molar-refractivity contribution in [2.24, 2.45) is 0 Å². The second-order valence-corrected chi connectivity index (χ2v) is 3.16. The van der Waals surface area contributed by atoms with Gasteiger partial charge >= 0.3 is 5.69 Å². The number of allylic oxidation sites excluding steroid dienone is 1. The number of aromatic amines is 1. The van der Waals surface area contributed by atoms with Gasteiger partial charge in [-0.3, -0.25) is 4.57 Å². The monoisotopic (exact) mass is 178 g/mol. The summed E-state index contributed by atoms with van der Waals surface area (Å²) in [4.78, 5) is 14.1. The van der Waals surface area contributed by atoms with Crippen LogP contribution in [0.4, 0.5) is 0 Å². The highest BCUT2D eigenvalue weighted by Gasteiger charge is 2.03. The zero-order valence-electron chi connectivity index (χ0n) is 8.00. The van der Waals surface area contributed by atoms with E-state index in [4.69, 9.17) is 0 Å². The van der Waals surface area contributed by atoms with Crippen LogP contribution in [0.15, 0.2) is 17.4 Å². The van der Waals surface area contributed by atoms with Gasteiger partial charge in [-0.2, -0.15) is 0 Å². The van der Waals surface area contributed by atoms with E-state index in [1.54, 1.807) is 16.7 Å². The van der Waals surface area contributed by atoms with Crippen molar-refractivity contribution < 1.29 is 0 Å². The highest BCUT2D eigenvalue weighted by atomic mass is 16.1. The molecule has 0 saturated heterocycles. The van der Waals surface area contributed by atoms with E-state index in [-0.39, 0.29) is 11.7 Å². The van der Waals surface area contributed by atoms with Crippen LogP contribution in [0.1, 0.15) is 19.9 Å². The Kier molecular flexibility index (Phi) is 2.56. The van der Waals surface area contributed by atoms with Crippen molar-refractivity contribution in [3.05, 3.63) is 33.8 Å². The average Bonchev–Trinajstić information content (AvgIpc) is 2.28. The molecule has 1 heterocycles. The zero-order chi connectivity index (χ0) is 10.0. The van der Waals surface area contributed by atoms with Crippen molar-refractivity contribution in [3.63, 3.8) is 0 Å². The van der Waals surface area contributed by atoms with E-state index in [2.05, 4.69) is 18.1 Å². The molecule has 1 rings (SSSR count). The maximum absolute atomic E-state index is 11.4. The molecule has 70 valence electrons. The first kappa shape index (κ1) is 9.58. The van der Waals surface area contributed by atoms with E-state index >= 15 is 0 Å². The molecule has 1 N–H and O–H groups in total. The highest BCUT2D eigenvalue weighted by molar-refractivity contribution is 5.32. The van der Waals surface area contributed by atoms with Crippen LogP contribution >= 0.6 is 0 Å². The van der Waals surface area contributed by atoms with Gasteiger partial charge in [-0.25, -0.2) is 4.79 Å². The minimum atomic E-state index is -0.117. The number of H-pyrrole nitrogens is 1. The normalized spacial score (nSPS) is 12.4. The molecule has 0 bridgehead atoms. The van der Waals surface area contributed by atoms with Gasteiger partial charge in [0.15, 0.2) is 0 Å². The van der Waals surface area contributed by atoms with Crippen LogP contribution in [0, 0.1) is 0 Å². The van der Waals surface area contributed by atoms with Gasteiger partial charge in [0.05, 0.1) is 10.7 Å². The Morgan fingerprint density at radius 3 is 2.54 bits per heavy atom. The Balaban J connectivity index is 3.59. The molecule has 0 fully saturated rings. The van der Waals surface area contributed by atoms with Crippen LogP contribution in [0.25, 0.3) is 12.7 Å². The standard InChI is InChI=1S/C10H14N2O/c1-5-6-9-8(4)12(7(2)3)10(13)11-9/h5-7H,1,4H2,2-3H3,(H,11,13)/b9-6+. The predicted octanol–water partition coefficient (Wildman–Crippen LogP) is 0.134. The fraction of sp³-hybridized carbons (Fsp3) is 0.300. The predicted molar refractivity (Wildman–Crippen MR) is 54.9 cm³/mol. The van der Waals surface area contributed by atoms with Crippen LogP contribution in [0.2, 0.25) is 0 Å². The highest BCUT2D eigenvalue weighted by Crippen LogP contribution is 1.91. The van der Waals surface area contributed by atoms with Gasteiger partial charge in [0.1, 0.15) is 0 Å². The van der Waals surface area contributed by atoms with Gasteiger partial charge in [0.25, 0.3) is 0 Å². The summed E-state index contributed by atoms with van der Waals surface area (Å²) in [5.41, 5.74) is -0.117. The lowest BCUT2D eigenvalue weighted by Gasteiger charge is -2.03. The maximum Gasteiger partial charge on any atom is 0.326 e. The second-order valence-electron chi connectivity index (χ2n) is 3.16. The summed E-state index contributed by atoms with van der Waals surface area (Å²) in [6.45, 7) is 11.3. The Bertz CT molecular complexity index is 462. The summed E-state index contributed by atoms with van der Waals surface area (Å²) in [5, 5.41) is 1.44. The molecule has 1 aromatic rings. The molecule has 0 unspecified atom stereocenters. The van der Waals surface area contributed by atoms with Gasteiger partial charge in [-0.1, -0.05) is 19.2 Å². The number of hydrogen-bond acceptors (Lipinski definition) is 1. The molecule has 1 aromatic heterocycles. The zero-order valence-corrected chi connectivity index (χ0v) is 8.00. The van der Waals surface area contributed by atoms with Gasteiger partial charge in [-0.15, -0.1) is 0 Å². The Hall–Kier alpha value is -1.51. The topological polar surface area (TPSA) is 37.8 Å². The Morgan fingerprint density at radius 2 is 2.15 bits per heavy atom. The summed E-state index contributed by atoms with van der Waals surface area (Å²) in [7, 11) is 0. The lowest BCUT2D eigenvalue weighted by molar-refractivity contribution is 0.567.